The highest BCUT2D eigenvalue weighted by atomic mass is 32.2. The molecular formula is C77H106N6O11S7. The van der Waals surface area contributed by atoms with Crippen LogP contribution in [-0.4, -0.2) is 154 Å². The number of nitrogens with zero attached hydrogens (tertiary/aromatic N) is 3. The smallest absolute Gasteiger partial charge is 0.250 e. The van der Waals surface area contributed by atoms with Gasteiger partial charge in [0.05, 0.1) is 48.6 Å². The lowest BCUT2D eigenvalue weighted by Crippen LogP contribution is -2.55. The molecule has 0 radical (unpaired) electrons. The van der Waals surface area contributed by atoms with Gasteiger partial charge in [0.15, 0.2) is 0 Å². The number of para-hydroxylation sites is 1. The van der Waals surface area contributed by atoms with Crippen molar-refractivity contribution in [2.24, 2.45) is 17.8 Å². The van der Waals surface area contributed by atoms with Crippen molar-refractivity contribution in [1.29, 1.82) is 0 Å². The minimum absolute atomic E-state index is 0.0574. The van der Waals surface area contributed by atoms with Gasteiger partial charge in [-0.05, 0) is 241 Å². The first-order valence-corrected chi connectivity index (χ1v) is 46.1. The number of fused-ring (bicyclic) bond motifs is 5. The molecule has 3 saturated heterocycles. The molecule has 3 saturated carbocycles. The molecule has 17 nitrogen and oxygen atoms in total. The van der Waals surface area contributed by atoms with E-state index in [4.69, 9.17) is 23.7 Å². The number of hydrogen-bond acceptors (Lipinski definition) is 17. The van der Waals surface area contributed by atoms with E-state index >= 15 is 0 Å². The summed E-state index contributed by atoms with van der Waals surface area (Å²) in [5.74, 6) is 3.17. The van der Waals surface area contributed by atoms with E-state index in [9.17, 15) is 25.3 Å². The topological polar surface area (TPSA) is 194 Å². The van der Waals surface area contributed by atoms with Crippen LogP contribution in [0, 0.1) is 17.8 Å². The number of hydrogen-bond donors (Lipinski definition) is 4. The van der Waals surface area contributed by atoms with Crippen LogP contribution in [0.4, 0.5) is 0 Å². The standard InChI is InChI=1S/C77H106N6O11S7/c1-8-61-39-66-70(95-61)23-31-92-75(66)25-28-81(50(4)42-75)45-53-33-57(34-53)78-99(84,85)65-20-16-60(17-21-65)91-49-98-64(10-3)41-67-71(98)24-32-93-76(67)26-29-82(51(5)43-76)47-55-37-59(38-55)80-101(88,89)73-22-19-63(96-73)18-15-56-48-94-77(68-40-62(9-2)97-74(56)68)27-30-83(52(6)44-77)46-54-35-58(36-54)79-100(86,87)72-14-12-11-13-69(72)90-7/h11-14,16-17,19-22,39-41,50-59,78-80,98H,8-10,15,18,23-38,42-49H2,1-7H3/t50-,51-,52-,53-,54-,55-,56?,57+,58+,59+,75+,76+,77+/m0/s1. The Kier molecular flexibility index (Phi) is 21.4. The van der Waals surface area contributed by atoms with Gasteiger partial charge in [-0.3, -0.25) is 0 Å². The maximum atomic E-state index is 14.0. The van der Waals surface area contributed by atoms with E-state index in [1.54, 1.807) is 42.5 Å². The fourth-order valence-electron chi connectivity index (χ4n) is 18.9. The third-order valence-corrected chi connectivity index (χ3v) is 36.3. The molecule has 24 heteroatoms. The van der Waals surface area contributed by atoms with Gasteiger partial charge >= 0.3 is 0 Å². The minimum atomic E-state index is -3.68. The predicted molar refractivity (Wildman–Crippen MR) is 406 cm³/mol. The zero-order chi connectivity index (χ0) is 70.2. The second kappa shape index (κ2) is 29.6. The summed E-state index contributed by atoms with van der Waals surface area (Å²) in [6, 6.07) is 23.2. The molecule has 10 heterocycles. The van der Waals surface area contributed by atoms with Crippen molar-refractivity contribution in [3.05, 3.63) is 130 Å². The van der Waals surface area contributed by atoms with Crippen LogP contribution >= 0.6 is 44.9 Å². The molecule has 6 fully saturated rings. The van der Waals surface area contributed by atoms with Crippen molar-refractivity contribution < 1.29 is 48.9 Å². The molecule has 8 atom stereocenters. The molecule has 2 aromatic carbocycles. The minimum Gasteiger partial charge on any atom is -0.495 e. The van der Waals surface area contributed by atoms with Gasteiger partial charge < -0.3 is 38.4 Å². The number of benzene rings is 2. The Bertz CT molecular complexity index is 4230. The molecule has 3 N–H and O–H groups in total. The number of nitrogens with one attached hydrogen (secondary N) is 3. The summed E-state index contributed by atoms with van der Waals surface area (Å²) < 4.78 is 124. The van der Waals surface area contributed by atoms with Crippen molar-refractivity contribution >= 4 is 75.0 Å². The molecule has 3 spiro atoms. The Morgan fingerprint density at radius 2 is 1.15 bits per heavy atom. The van der Waals surface area contributed by atoms with Crippen molar-refractivity contribution in [2.75, 3.05) is 72.1 Å². The first-order chi connectivity index (χ1) is 48.5. The number of thiophene rings is 3. The van der Waals surface area contributed by atoms with Crippen LogP contribution in [0.3, 0.4) is 0 Å². The van der Waals surface area contributed by atoms with E-state index in [2.05, 4.69) is 88.6 Å². The fraction of sp³-hybridized carbons (Fsp3) is 0.636. The molecule has 2 unspecified atom stereocenters. The molecule has 15 rings (SSSR count). The van der Waals surface area contributed by atoms with Gasteiger partial charge in [0.25, 0.3) is 0 Å². The largest absolute Gasteiger partial charge is 0.495 e. The summed E-state index contributed by atoms with van der Waals surface area (Å²) in [5.41, 5.74) is 3.37. The van der Waals surface area contributed by atoms with E-state index in [-0.39, 0.29) is 50.6 Å². The van der Waals surface area contributed by atoms with Gasteiger partial charge in [0, 0.05) is 119 Å². The van der Waals surface area contributed by atoms with Crippen molar-refractivity contribution in [3.63, 3.8) is 0 Å². The van der Waals surface area contributed by atoms with Crippen LogP contribution in [-0.2, 0) is 81.2 Å². The first kappa shape index (κ1) is 73.0. The molecule has 0 bridgehead atoms. The second-order valence-corrected chi connectivity index (χ2v) is 42.4. The number of rotatable bonds is 25. The van der Waals surface area contributed by atoms with Gasteiger partial charge in [0.2, 0.25) is 30.1 Å². The number of piperidine rings is 3. The summed E-state index contributed by atoms with van der Waals surface area (Å²) in [7, 11) is -10.2. The van der Waals surface area contributed by atoms with E-state index < -0.39 is 41.0 Å². The highest BCUT2D eigenvalue weighted by Crippen LogP contribution is 2.60. The SMILES string of the molecule is CCC1=CC2=C(CCO[C@@]23CCN(C[C@H]2C[C@@H](NS(=O)(=O)c4ccc(CCC5CO[C@@]6(CCN(C[C@H]7C[C@@H](NS(=O)(=O)c8ccccc8OC)C7)[C@@H](C)C6)c6cc(CC)sc65)s4)C2)[C@@H](C)C3)[SH]1COc1ccc(S(=O)(=O)N[C@H]2C[C@@H](CN3CC[C@]4(C[C@@H]3C)OCCc3sc(CC)cc34)C2)cc1. The van der Waals surface area contributed by atoms with Gasteiger partial charge in [0.1, 0.15) is 26.5 Å². The quantitative estimate of drug-likeness (QED) is 0.0403. The highest BCUT2D eigenvalue weighted by molar-refractivity contribution is 8.23. The maximum Gasteiger partial charge on any atom is 0.250 e. The Hall–Kier alpha value is -3.54. The summed E-state index contributed by atoms with van der Waals surface area (Å²) in [5, 5.41) is 0. The van der Waals surface area contributed by atoms with Gasteiger partial charge in [-0.15, -0.1) is 34.0 Å². The zero-order valence-electron chi connectivity index (χ0n) is 60.0. The number of thiol groups is 1. The molecule has 7 aliphatic heterocycles. The van der Waals surface area contributed by atoms with E-state index in [0.29, 0.717) is 70.7 Å². The Labute approximate surface area is 615 Å². The van der Waals surface area contributed by atoms with Gasteiger partial charge in [-0.25, -0.2) is 39.4 Å². The molecule has 101 heavy (non-hydrogen) atoms. The van der Waals surface area contributed by atoms with E-state index in [1.807, 2.05) is 40.9 Å². The number of allylic oxidation sites excluding steroid dienone is 1. The van der Waals surface area contributed by atoms with Crippen LogP contribution in [0.1, 0.15) is 179 Å². The summed E-state index contributed by atoms with van der Waals surface area (Å²) in [6.07, 6.45) is 19.7. The number of likely N-dealkylation sites (tertiary alicyclic amines) is 3. The van der Waals surface area contributed by atoms with Crippen LogP contribution in [0.2, 0.25) is 0 Å². The lowest BCUT2D eigenvalue weighted by atomic mass is 9.75. The van der Waals surface area contributed by atoms with E-state index in [1.165, 1.54) is 64.5 Å². The Balaban J connectivity index is 0.481. The van der Waals surface area contributed by atoms with E-state index in [0.717, 1.165) is 173 Å². The number of aryl methyl sites for hydroxylation is 3. The van der Waals surface area contributed by atoms with Crippen molar-refractivity contribution in [3.8, 4) is 11.5 Å². The molecule has 5 aromatic rings. The summed E-state index contributed by atoms with van der Waals surface area (Å²) in [6.45, 7) is 21.6. The van der Waals surface area contributed by atoms with Crippen molar-refractivity contribution in [2.45, 2.75) is 237 Å². The number of ether oxygens (including phenoxy) is 5. The zero-order valence-corrected chi connectivity index (χ0v) is 65.8. The predicted octanol–water partition coefficient (Wildman–Crippen LogP) is 13.5. The summed E-state index contributed by atoms with van der Waals surface area (Å²) >= 11 is 5.32. The highest BCUT2D eigenvalue weighted by Gasteiger charge is 2.51. The van der Waals surface area contributed by atoms with Crippen LogP contribution in [0.5, 0.6) is 11.5 Å². The molecular weight excluding hydrogens is 1410 g/mol. The van der Waals surface area contributed by atoms with Crippen LogP contribution in [0.25, 0.3) is 0 Å². The first-order valence-electron chi connectivity index (χ1n) is 37.7. The Morgan fingerprint density at radius 3 is 1.76 bits per heavy atom. The molecule has 10 aliphatic rings. The monoisotopic (exact) mass is 1510 g/mol. The Morgan fingerprint density at radius 1 is 0.594 bits per heavy atom. The maximum absolute atomic E-state index is 14.0. The number of methoxy groups -OCH3 is 1. The molecule has 3 aliphatic carbocycles. The van der Waals surface area contributed by atoms with Gasteiger partial charge in [-0.2, -0.15) is 10.9 Å². The van der Waals surface area contributed by atoms with Crippen LogP contribution < -0.4 is 23.6 Å². The number of sulfonamides is 3. The second-order valence-electron chi connectivity index (χ2n) is 31.2. The third kappa shape index (κ3) is 14.9. The van der Waals surface area contributed by atoms with Crippen molar-refractivity contribution in [1.82, 2.24) is 28.9 Å². The molecule has 3 aromatic heterocycles. The summed E-state index contributed by atoms with van der Waals surface area (Å²) in [4.78, 5) is 18.1. The lowest BCUT2D eigenvalue weighted by Gasteiger charge is -2.50. The van der Waals surface area contributed by atoms with Crippen LogP contribution in [0.15, 0.2) is 108 Å². The average Bonchev–Trinajstić information content (AvgIpc) is 1.70. The fourth-order valence-corrected chi connectivity index (χ4v) is 29.3. The lowest BCUT2D eigenvalue weighted by molar-refractivity contribution is -0.121. The average molecular weight is 1520 g/mol. The molecule has 552 valence electrons. The normalized spacial score (nSPS) is 32.8. The molecule has 0 amide bonds. The third-order valence-electron chi connectivity index (χ3n) is 24.7. The van der Waals surface area contributed by atoms with Gasteiger partial charge in [-0.1, -0.05) is 32.9 Å².